The highest BCUT2D eigenvalue weighted by Gasteiger charge is 2.78. The number of hydrogen-bond donors (Lipinski definition) is 0. The highest BCUT2D eigenvalue weighted by Crippen LogP contribution is 2.69. The van der Waals surface area contributed by atoms with Crippen LogP contribution in [0.2, 0.25) is 5.02 Å². The molecule has 1 saturated heterocycles. The van der Waals surface area contributed by atoms with Crippen LogP contribution in [-0.2, 0) is 15.2 Å². The molecule has 0 N–H and O–H groups in total. The van der Waals surface area contributed by atoms with Gasteiger partial charge in [0.15, 0.2) is 11.6 Å². The van der Waals surface area contributed by atoms with Gasteiger partial charge < -0.3 is 4.84 Å². The zero-order valence-corrected chi connectivity index (χ0v) is 28.6. The van der Waals surface area contributed by atoms with E-state index in [4.69, 9.17) is 21.6 Å². The highest BCUT2D eigenvalue weighted by molar-refractivity contribution is 6.30. The van der Waals surface area contributed by atoms with E-state index in [-0.39, 0.29) is 17.5 Å². The summed E-state index contributed by atoms with van der Waals surface area (Å²) in [5.41, 5.74) is 3.84. The molecule has 0 amide bonds. The van der Waals surface area contributed by atoms with E-state index in [0.717, 1.165) is 44.2 Å². The quantitative estimate of drug-likeness (QED) is 0.193. The predicted octanol–water partition coefficient (Wildman–Crippen LogP) is 8.93. The number of carbonyl (C=O) groups is 2. The van der Waals surface area contributed by atoms with Crippen molar-refractivity contribution in [2.75, 3.05) is 13.6 Å². The second kappa shape index (κ2) is 10.7. The Morgan fingerprint density at radius 3 is 2.18 bits per heavy atom. The lowest BCUT2D eigenvalue weighted by Crippen LogP contribution is -2.66. The summed E-state index contributed by atoms with van der Waals surface area (Å²) < 4.78 is 0. The van der Waals surface area contributed by atoms with Crippen LogP contribution in [0.15, 0.2) is 114 Å². The lowest BCUT2D eigenvalue weighted by molar-refractivity contribution is -0.167. The predicted molar refractivity (Wildman–Crippen MR) is 194 cm³/mol. The second-order valence-electron chi connectivity index (χ2n) is 14.4. The van der Waals surface area contributed by atoms with Crippen molar-refractivity contribution in [1.29, 1.82) is 0 Å². The van der Waals surface area contributed by atoms with Crippen molar-refractivity contribution in [3.05, 3.63) is 153 Å². The van der Waals surface area contributed by atoms with Gasteiger partial charge in [-0.15, -0.1) is 0 Å². The van der Waals surface area contributed by atoms with Crippen molar-refractivity contribution < 1.29 is 14.4 Å². The summed E-state index contributed by atoms with van der Waals surface area (Å²) >= 11 is 6.34. The average Bonchev–Trinajstić information content (AvgIpc) is 3.70. The van der Waals surface area contributed by atoms with E-state index in [0.29, 0.717) is 42.1 Å². The minimum Gasteiger partial charge on any atom is -0.380 e. The summed E-state index contributed by atoms with van der Waals surface area (Å²) in [5.74, 6) is -0.747. The number of likely N-dealkylation sites (tertiary alicyclic amines) is 1. The number of halogens is 1. The SMILES string of the molecule is Cc1ccccc1[C@H]1C(c2ccc(Cl)cc2)=NOC12CCC[C@@]1(C2=O)[C@@H](c2ccccc2C)CN(C)[C@@]12C(=O)c1cccc3cccc2c13. The van der Waals surface area contributed by atoms with Crippen LogP contribution in [0.4, 0.5) is 0 Å². The number of hydrogen-bond acceptors (Lipinski definition) is 5. The Hall–Kier alpha value is -4.58. The number of oxime groups is 1. The van der Waals surface area contributed by atoms with Crippen LogP contribution >= 0.6 is 11.6 Å². The van der Waals surface area contributed by atoms with Crippen molar-refractivity contribution in [3.8, 4) is 0 Å². The van der Waals surface area contributed by atoms with Gasteiger partial charge in [0.2, 0.25) is 5.60 Å². The molecule has 5 aromatic carbocycles. The van der Waals surface area contributed by atoms with E-state index < -0.39 is 22.5 Å². The summed E-state index contributed by atoms with van der Waals surface area (Å²) in [6, 6.07) is 36.4. The summed E-state index contributed by atoms with van der Waals surface area (Å²) in [4.78, 5) is 40.9. The maximum absolute atomic E-state index is 16.5. The smallest absolute Gasteiger partial charge is 0.208 e. The Bertz CT molecular complexity index is 2240. The van der Waals surface area contributed by atoms with Gasteiger partial charge in [-0.3, -0.25) is 14.5 Å². The van der Waals surface area contributed by atoms with Gasteiger partial charge >= 0.3 is 0 Å². The number of likely N-dealkylation sites (N-methyl/N-ethyl adjacent to an activating group) is 1. The molecule has 3 spiro atoms. The molecule has 5 atom stereocenters. The van der Waals surface area contributed by atoms with E-state index in [2.05, 4.69) is 67.3 Å². The van der Waals surface area contributed by atoms with Crippen LogP contribution in [0, 0.1) is 19.3 Å². The van der Waals surface area contributed by atoms with E-state index >= 15 is 9.59 Å². The van der Waals surface area contributed by atoms with Crippen LogP contribution in [-0.4, -0.2) is 41.4 Å². The Balaban J connectivity index is 1.33. The lowest BCUT2D eigenvalue weighted by Gasteiger charge is -2.53. The summed E-state index contributed by atoms with van der Waals surface area (Å²) in [6.45, 7) is 4.76. The van der Waals surface area contributed by atoms with E-state index in [1.807, 2.05) is 67.7 Å². The van der Waals surface area contributed by atoms with Gasteiger partial charge in [0.1, 0.15) is 5.54 Å². The third kappa shape index (κ3) is 3.78. The van der Waals surface area contributed by atoms with Crippen molar-refractivity contribution in [3.63, 3.8) is 0 Å². The van der Waals surface area contributed by atoms with Gasteiger partial charge in [-0.25, -0.2) is 0 Å². The molecule has 2 aliphatic heterocycles. The Kier molecular flexibility index (Phi) is 6.66. The molecular weight excluding hydrogens is 628 g/mol. The second-order valence-corrected chi connectivity index (χ2v) is 14.9. The minimum atomic E-state index is -1.32. The first-order chi connectivity index (χ1) is 23.8. The molecule has 4 aliphatic rings. The molecule has 0 bridgehead atoms. The first-order valence-corrected chi connectivity index (χ1v) is 17.6. The van der Waals surface area contributed by atoms with Crippen LogP contribution in [0.1, 0.15) is 74.8 Å². The summed E-state index contributed by atoms with van der Waals surface area (Å²) in [7, 11) is 2.04. The zero-order chi connectivity index (χ0) is 33.7. The van der Waals surface area contributed by atoms with Crippen LogP contribution in [0.25, 0.3) is 10.8 Å². The van der Waals surface area contributed by atoms with Gasteiger partial charge in [-0.05, 0) is 90.9 Å². The maximum Gasteiger partial charge on any atom is 0.208 e. The monoisotopic (exact) mass is 664 g/mol. The molecule has 2 heterocycles. The maximum atomic E-state index is 16.5. The van der Waals surface area contributed by atoms with E-state index in [1.54, 1.807) is 0 Å². The summed E-state index contributed by atoms with van der Waals surface area (Å²) in [6.07, 6.45) is 1.76. The van der Waals surface area contributed by atoms with E-state index in [1.165, 1.54) is 0 Å². The molecular formula is C43H37ClN2O3. The van der Waals surface area contributed by atoms with E-state index in [9.17, 15) is 0 Å². The van der Waals surface area contributed by atoms with Crippen LogP contribution in [0.3, 0.4) is 0 Å². The van der Waals surface area contributed by atoms with Gasteiger partial charge in [0.25, 0.3) is 0 Å². The van der Waals surface area contributed by atoms with Gasteiger partial charge in [-0.1, -0.05) is 114 Å². The fourth-order valence-corrected chi connectivity index (χ4v) is 10.5. The van der Waals surface area contributed by atoms with Gasteiger partial charge in [0, 0.05) is 28.6 Å². The average molecular weight is 665 g/mol. The molecule has 1 unspecified atom stereocenters. The normalized spacial score (nSPS) is 29.0. The molecule has 0 aromatic heterocycles. The number of aryl methyl sites for hydroxylation is 2. The Labute approximate surface area is 291 Å². The lowest BCUT2D eigenvalue weighted by atomic mass is 9.49. The number of rotatable bonds is 3. The van der Waals surface area contributed by atoms with Gasteiger partial charge in [0.05, 0.1) is 17.0 Å². The Morgan fingerprint density at radius 2 is 1.47 bits per heavy atom. The molecule has 5 nitrogen and oxygen atoms in total. The van der Waals surface area contributed by atoms with Crippen molar-refractivity contribution in [1.82, 2.24) is 4.90 Å². The Morgan fingerprint density at radius 1 is 0.796 bits per heavy atom. The largest absolute Gasteiger partial charge is 0.380 e. The third-order valence-corrected chi connectivity index (χ3v) is 12.5. The number of carbonyl (C=O) groups excluding carboxylic acids is 2. The molecule has 2 fully saturated rings. The number of Topliss-reactive ketones (excluding diaryl/α,β-unsaturated/α-hetero) is 2. The first-order valence-electron chi connectivity index (χ1n) is 17.2. The number of ketones is 2. The van der Waals surface area contributed by atoms with Crippen molar-refractivity contribution >= 4 is 39.7 Å². The first kappa shape index (κ1) is 30.5. The minimum absolute atomic E-state index is 0.00701. The molecule has 5 aromatic rings. The third-order valence-electron chi connectivity index (χ3n) is 12.3. The fourth-order valence-electron chi connectivity index (χ4n) is 10.4. The number of benzene rings is 5. The zero-order valence-electron chi connectivity index (χ0n) is 27.9. The molecule has 1 saturated carbocycles. The van der Waals surface area contributed by atoms with Crippen LogP contribution in [0.5, 0.6) is 0 Å². The highest BCUT2D eigenvalue weighted by atomic mass is 35.5. The molecule has 49 heavy (non-hydrogen) atoms. The van der Waals surface area contributed by atoms with Crippen molar-refractivity contribution in [2.24, 2.45) is 10.6 Å². The molecule has 6 heteroatoms. The molecule has 244 valence electrons. The summed E-state index contributed by atoms with van der Waals surface area (Å²) in [5, 5.41) is 7.42. The topological polar surface area (TPSA) is 59.0 Å². The van der Waals surface area contributed by atoms with Crippen LogP contribution < -0.4 is 0 Å². The molecule has 9 rings (SSSR count). The van der Waals surface area contributed by atoms with Crippen molar-refractivity contribution in [2.45, 2.75) is 56.1 Å². The molecule has 0 radical (unpaired) electrons. The number of nitrogens with zero attached hydrogens (tertiary/aromatic N) is 2. The van der Waals surface area contributed by atoms with Gasteiger partial charge in [-0.2, -0.15) is 0 Å². The standard InChI is InChI=1S/C43H37ClN2O3/c1-26-11-4-6-15-31(26)35-25-46(3)43(34-18-9-14-28-13-8-17-33(36(28)34)39(43)47)41(35)23-10-24-42(40(41)48)37(32-16-7-5-12-27(32)2)38(45-49-42)29-19-21-30(44)22-20-29/h4-9,11-22,35,37H,10,23-25H2,1-3H3/t35-,37+,41+,42?,43+/m1/s1. The fraction of sp³-hybridized carbons (Fsp3) is 0.279. The number of fused-ring (bicyclic) bond motifs is 2. The molecule has 2 aliphatic carbocycles.